The second-order valence-electron chi connectivity index (χ2n) is 7.92. The average molecular weight is 327 g/mol. The van der Waals surface area contributed by atoms with Crippen molar-refractivity contribution in [2.24, 2.45) is 17.6 Å². The standard InChI is InChI=1S/C17H33N3O3/c1-12(2)14(18)15(21)19(6)10-13-8-7-9-20(11-13)16(22)23-17(3,4)5/h12-14H,7-11,18H2,1-6H3/t13-,14+/m1/s1. The predicted octanol–water partition coefficient (Wildman–Crippen LogP) is 2.08. The molecule has 6 nitrogen and oxygen atoms in total. The fourth-order valence-electron chi connectivity index (χ4n) is 2.72. The van der Waals surface area contributed by atoms with E-state index in [1.807, 2.05) is 34.6 Å². The first kappa shape index (κ1) is 19.7. The van der Waals surface area contributed by atoms with E-state index in [4.69, 9.17) is 10.5 Å². The summed E-state index contributed by atoms with van der Waals surface area (Å²) in [6.07, 6.45) is 1.67. The Morgan fingerprint density at radius 2 is 1.96 bits per heavy atom. The highest BCUT2D eigenvalue weighted by atomic mass is 16.6. The third-order valence-electron chi connectivity index (χ3n) is 4.08. The van der Waals surface area contributed by atoms with Crippen molar-refractivity contribution in [3.05, 3.63) is 0 Å². The Hall–Kier alpha value is -1.30. The number of ether oxygens (including phenoxy) is 1. The number of piperidine rings is 1. The van der Waals surface area contributed by atoms with Gasteiger partial charge in [0.1, 0.15) is 5.60 Å². The van der Waals surface area contributed by atoms with Crippen molar-refractivity contribution < 1.29 is 14.3 Å². The summed E-state index contributed by atoms with van der Waals surface area (Å²) < 4.78 is 5.43. The van der Waals surface area contributed by atoms with Crippen LogP contribution in [0.4, 0.5) is 4.79 Å². The summed E-state index contributed by atoms with van der Waals surface area (Å²) in [6.45, 7) is 11.5. The van der Waals surface area contributed by atoms with Crippen molar-refractivity contribution in [1.82, 2.24) is 9.80 Å². The van der Waals surface area contributed by atoms with E-state index in [0.717, 1.165) is 12.8 Å². The predicted molar refractivity (Wildman–Crippen MR) is 91.0 cm³/mol. The SMILES string of the molecule is CC(C)[C@H](N)C(=O)N(C)C[C@H]1CCCN(C(=O)OC(C)(C)C)C1. The molecule has 0 radical (unpaired) electrons. The lowest BCUT2D eigenvalue weighted by molar-refractivity contribution is -0.133. The van der Waals surface area contributed by atoms with Gasteiger partial charge < -0.3 is 20.3 Å². The van der Waals surface area contributed by atoms with E-state index in [1.54, 1.807) is 16.8 Å². The first-order chi connectivity index (χ1) is 10.5. The van der Waals surface area contributed by atoms with Crippen LogP contribution in [0, 0.1) is 11.8 Å². The molecule has 6 heteroatoms. The van der Waals surface area contributed by atoms with E-state index in [1.165, 1.54) is 0 Å². The van der Waals surface area contributed by atoms with E-state index >= 15 is 0 Å². The molecule has 1 rings (SSSR count). The third-order valence-corrected chi connectivity index (χ3v) is 4.08. The smallest absolute Gasteiger partial charge is 0.410 e. The van der Waals surface area contributed by atoms with Crippen LogP contribution in [0.1, 0.15) is 47.5 Å². The Labute approximate surface area is 140 Å². The van der Waals surface area contributed by atoms with Gasteiger partial charge in [-0.15, -0.1) is 0 Å². The molecule has 0 aromatic carbocycles. The minimum absolute atomic E-state index is 0.0330. The zero-order valence-corrected chi connectivity index (χ0v) is 15.5. The summed E-state index contributed by atoms with van der Waals surface area (Å²) in [7, 11) is 1.79. The molecule has 23 heavy (non-hydrogen) atoms. The lowest BCUT2D eigenvalue weighted by atomic mass is 9.97. The molecule has 2 N–H and O–H groups in total. The number of amides is 2. The van der Waals surface area contributed by atoms with E-state index < -0.39 is 11.6 Å². The summed E-state index contributed by atoms with van der Waals surface area (Å²) in [4.78, 5) is 27.9. The molecular weight excluding hydrogens is 294 g/mol. The average Bonchev–Trinajstić information content (AvgIpc) is 2.44. The zero-order chi connectivity index (χ0) is 17.8. The van der Waals surface area contributed by atoms with Gasteiger partial charge in [0, 0.05) is 26.7 Å². The van der Waals surface area contributed by atoms with Gasteiger partial charge in [-0.2, -0.15) is 0 Å². The van der Waals surface area contributed by atoms with Crippen molar-refractivity contribution >= 4 is 12.0 Å². The monoisotopic (exact) mass is 327 g/mol. The van der Waals surface area contributed by atoms with Gasteiger partial charge in [0.2, 0.25) is 5.91 Å². The van der Waals surface area contributed by atoms with Gasteiger partial charge in [-0.1, -0.05) is 13.8 Å². The highest BCUT2D eigenvalue weighted by Gasteiger charge is 2.30. The molecule has 0 saturated carbocycles. The Morgan fingerprint density at radius 3 is 2.48 bits per heavy atom. The number of likely N-dealkylation sites (N-methyl/N-ethyl adjacent to an activating group) is 1. The van der Waals surface area contributed by atoms with Crippen LogP contribution in [0.2, 0.25) is 0 Å². The highest BCUT2D eigenvalue weighted by Crippen LogP contribution is 2.20. The first-order valence-electron chi connectivity index (χ1n) is 8.49. The molecule has 0 aromatic rings. The number of nitrogens with two attached hydrogens (primary N) is 1. The van der Waals surface area contributed by atoms with Crippen LogP contribution in [0.5, 0.6) is 0 Å². The molecule has 134 valence electrons. The maximum Gasteiger partial charge on any atom is 0.410 e. The van der Waals surface area contributed by atoms with Crippen molar-refractivity contribution in [1.29, 1.82) is 0 Å². The summed E-state index contributed by atoms with van der Waals surface area (Å²) in [6, 6.07) is -0.467. The van der Waals surface area contributed by atoms with E-state index in [2.05, 4.69) is 0 Å². The van der Waals surface area contributed by atoms with Crippen LogP contribution in [-0.2, 0) is 9.53 Å². The molecular formula is C17H33N3O3. The minimum atomic E-state index is -0.485. The molecule has 0 unspecified atom stereocenters. The Bertz CT molecular complexity index is 418. The molecule has 1 fully saturated rings. The van der Waals surface area contributed by atoms with Crippen LogP contribution < -0.4 is 5.73 Å². The third kappa shape index (κ3) is 6.37. The topological polar surface area (TPSA) is 75.9 Å². The minimum Gasteiger partial charge on any atom is -0.444 e. The molecule has 2 amide bonds. The second kappa shape index (κ2) is 7.99. The normalized spacial score (nSPS) is 20.3. The number of carbonyl (C=O) groups is 2. The quantitative estimate of drug-likeness (QED) is 0.857. The Morgan fingerprint density at radius 1 is 1.35 bits per heavy atom. The zero-order valence-electron chi connectivity index (χ0n) is 15.5. The van der Waals surface area contributed by atoms with Crippen molar-refractivity contribution in [3.63, 3.8) is 0 Å². The van der Waals surface area contributed by atoms with E-state index in [-0.39, 0.29) is 23.8 Å². The van der Waals surface area contributed by atoms with Crippen LogP contribution in [0.15, 0.2) is 0 Å². The van der Waals surface area contributed by atoms with Crippen molar-refractivity contribution in [2.75, 3.05) is 26.7 Å². The van der Waals surface area contributed by atoms with Crippen LogP contribution in [-0.4, -0.2) is 60.1 Å². The molecule has 1 aliphatic rings. The fourth-order valence-corrected chi connectivity index (χ4v) is 2.72. The maximum absolute atomic E-state index is 12.3. The molecule has 0 spiro atoms. The van der Waals surface area contributed by atoms with Gasteiger partial charge in [-0.25, -0.2) is 4.79 Å². The lowest BCUT2D eigenvalue weighted by Gasteiger charge is -2.36. The highest BCUT2D eigenvalue weighted by molar-refractivity contribution is 5.81. The van der Waals surface area contributed by atoms with Crippen LogP contribution in [0.25, 0.3) is 0 Å². The van der Waals surface area contributed by atoms with Gasteiger partial charge >= 0.3 is 6.09 Å². The largest absolute Gasteiger partial charge is 0.444 e. The Kier molecular flexibility index (Phi) is 6.86. The molecule has 1 aliphatic heterocycles. The molecule has 1 heterocycles. The molecule has 0 aromatic heterocycles. The van der Waals surface area contributed by atoms with Gasteiger partial charge in [0.15, 0.2) is 0 Å². The fraction of sp³-hybridized carbons (Fsp3) is 0.882. The number of nitrogens with zero attached hydrogens (tertiary/aromatic N) is 2. The number of carbonyl (C=O) groups excluding carboxylic acids is 2. The molecule has 0 aliphatic carbocycles. The van der Waals surface area contributed by atoms with Crippen molar-refractivity contribution in [3.8, 4) is 0 Å². The van der Waals surface area contributed by atoms with E-state index in [0.29, 0.717) is 19.6 Å². The van der Waals surface area contributed by atoms with Gasteiger partial charge in [0.05, 0.1) is 6.04 Å². The van der Waals surface area contributed by atoms with E-state index in [9.17, 15) is 9.59 Å². The number of rotatable bonds is 4. The summed E-state index contributed by atoms with van der Waals surface area (Å²) in [5, 5.41) is 0. The first-order valence-corrected chi connectivity index (χ1v) is 8.49. The van der Waals surface area contributed by atoms with Crippen LogP contribution >= 0.6 is 0 Å². The summed E-state index contributed by atoms with van der Waals surface area (Å²) >= 11 is 0. The molecule has 0 bridgehead atoms. The van der Waals surface area contributed by atoms with Gasteiger partial charge in [-0.3, -0.25) is 4.79 Å². The number of likely N-dealkylation sites (tertiary alicyclic amines) is 1. The molecule has 2 atom stereocenters. The lowest BCUT2D eigenvalue weighted by Crippen LogP contribution is -2.49. The second-order valence-corrected chi connectivity index (χ2v) is 7.92. The van der Waals surface area contributed by atoms with Gasteiger partial charge in [0.25, 0.3) is 0 Å². The maximum atomic E-state index is 12.3. The Balaban J connectivity index is 2.55. The molecule has 1 saturated heterocycles. The van der Waals surface area contributed by atoms with Gasteiger partial charge in [-0.05, 0) is 45.4 Å². The number of hydrogen-bond donors (Lipinski definition) is 1. The van der Waals surface area contributed by atoms with Crippen molar-refractivity contribution in [2.45, 2.75) is 59.1 Å². The number of hydrogen-bond acceptors (Lipinski definition) is 4. The summed E-state index contributed by atoms with van der Waals surface area (Å²) in [5.74, 6) is 0.355. The van der Waals surface area contributed by atoms with Crippen LogP contribution in [0.3, 0.4) is 0 Å². The summed E-state index contributed by atoms with van der Waals surface area (Å²) in [5.41, 5.74) is 5.45.